The van der Waals surface area contributed by atoms with E-state index in [0.717, 1.165) is 24.9 Å². The van der Waals surface area contributed by atoms with Gasteiger partial charge in [0.15, 0.2) is 0 Å². The van der Waals surface area contributed by atoms with Crippen molar-refractivity contribution in [3.05, 3.63) is 34.9 Å². The quantitative estimate of drug-likeness (QED) is 0.747. The lowest BCUT2D eigenvalue weighted by atomic mass is 10.0. The summed E-state index contributed by atoms with van der Waals surface area (Å²) in [5, 5.41) is 6.78. The normalized spacial score (nSPS) is 12.2. The van der Waals surface area contributed by atoms with Gasteiger partial charge in [-0.3, -0.25) is 4.79 Å². The van der Waals surface area contributed by atoms with Crippen molar-refractivity contribution in [2.24, 2.45) is 0 Å². The molecule has 0 fully saturated rings. The molecule has 2 N–H and O–H groups in total. The van der Waals surface area contributed by atoms with E-state index in [0.29, 0.717) is 11.4 Å². The molecule has 0 spiro atoms. The minimum Gasteiger partial charge on any atom is -0.349 e. The molecular weight excluding hydrogens is 248 g/mol. The zero-order valence-corrected chi connectivity index (χ0v) is 11.8. The van der Waals surface area contributed by atoms with Crippen molar-refractivity contribution in [3.63, 3.8) is 0 Å². The molecule has 100 valence electrons. The smallest absolute Gasteiger partial charge is 0.220 e. The highest BCUT2D eigenvalue weighted by Crippen LogP contribution is 2.20. The molecule has 0 aromatic heterocycles. The minimum atomic E-state index is 0.0470. The number of amides is 1. The molecule has 0 saturated heterocycles. The maximum Gasteiger partial charge on any atom is 0.220 e. The van der Waals surface area contributed by atoms with Crippen molar-refractivity contribution in [2.45, 2.75) is 32.2 Å². The fourth-order valence-electron chi connectivity index (χ4n) is 1.84. The topological polar surface area (TPSA) is 41.1 Å². The fourth-order valence-corrected chi connectivity index (χ4v) is 2.04. The number of carbonyl (C=O) groups is 1. The molecular formula is C14H21ClN2O. The van der Waals surface area contributed by atoms with Gasteiger partial charge in [-0.25, -0.2) is 0 Å². The van der Waals surface area contributed by atoms with Gasteiger partial charge in [-0.15, -0.1) is 0 Å². The van der Waals surface area contributed by atoms with E-state index in [1.807, 2.05) is 31.3 Å². The molecule has 1 rings (SSSR count). The second-order valence-corrected chi connectivity index (χ2v) is 4.73. The lowest BCUT2D eigenvalue weighted by Crippen LogP contribution is -2.28. The third-order valence-corrected chi connectivity index (χ3v) is 3.06. The second kappa shape index (κ2) is 8.11. The van der Waals surface area contributed by atoms with Crippen LogP contribution in [0.25, 0.3) is 0 Å². The van der Waals surface area contributed by atoms with E-state index in [4.69, 9.17) is 11.6 Å². The molecule has 0 radical (unpaired) electrons. The average molecular weight is 269 g/mol. The lowest BCUT2D eigenvalue weighted by Gasteiger charge is -2.17. The lowest BCUT2D eigenvalue weighted by molar-refractivity contribution is -0.121. The highest BCUT2D eigenvalue weighted by atomic mass is 35.5. The number of hydrogen-bond donors (Lipinski definition) is 2. The van der Waals surface area contributed by atoms with Crippen LogP contribution >= 0.6 is 11.6 Å². The van der Waals surface area contributed by atoms with Crippen LogP contribution in [0.5, 0.6) is 0 Å². The van der Waals surface area contributed by atoms with Gasteiger partial charge in [0, 0.05) is 11.4 Å². The summed E-state index contributed by atoms with van der Waals surface area (Å²) in [6, 6.07) is 7.70. The summed E-state index contributed by atoms with van der Waals surface area (Å²) in [5.41, 5.74) is 1.06. The highest BCUT2D eigenvalue weighted by molar-refractivity contribution is 6.30. The van der Waals surface area contributed by atoms with Gasteiger partial charge in [-0.2, -0.15) is 0 Å². The Kier molecular flexibility index (Phi) is 6.76. The first kappa shape index (κ1) is 15.0. The van der Waals surface area contributed by atoms with Gasteiger partial charge >= 0.3 is 0 Å². The Morgan fingerprint density at radius 2 is 2.22 bits per heavy atom. The van der Waals surface area contributed by atoms with Gasteiger partial charge in [0.25, 0.3) is 0 Å². The molecule has 0 aliphatic heterocycles. The number of hydrogen-bond acceptors (Lipinski definition) is 2. The number of halogens is 1. The highest BCUT2D eigenvalue weighted by Gasteiger charge is 2.12. The van der Waals surface area contributed by atoms with Crippen LogP contribution in [0, 0.1) is 0 Å². The maximum atomic E-state index is 11.8. The summed E-state index contributed by atoms with van der Waals surface area (Å²) >= 11 is 5.96. The van der Waals surface area contributed by atoms with Gasteiger partial charge in [-0.05, 0) is 44.1 Å². The van der Waals surface area contributed by atoms with Gasteiger partial charge in [-0.1, -0.05) is 30.7 Å². The average Bonchev–Trinajstić information content (AvgIpc) is 2.36. The molecule has 1 atom stereocenters. The molecule has 4 heteroatoms. The van der Waals surface area contributed by atoms with Crippen molar-refractivity contribution < 1.29 is 4.79 Å². The van der Waals surface area contributed by atoms with Crippen LogP contribution in [0.1, 0.15) is 37.8 Å². The van der Waals surface area contributed by atoms with E-state index < -0.39 is 0 Å². The van der Waals surface area contributed by atoms with E-state index in [1.54, 1.807) is 0 Å². The first-order chi connectivity index (χ1) is 8.67. The first-order valence-corrected chi connectivity index (χ1v) is 6.74. The number of rotatable bonds is 7. The van der Waals surface area contributed by atoms with Crippen LogP contribution in [0.4, 0.5) is 0 Å². The first-order valence-electron chi connectivity index (χ1n) is 6.36. The summed E-state index contributed by atoms with van der Waals surface area (Å²) in [7, 11) is 1.89. The number of carbonyl (C=O) groups excluding carboxylic acids is 1. The Balaban J connectivity index is 2.54. The molecule has 1 aromatic carbocycles. The van der Waals surface area contributed by atoms with Crippen LogP contribution in [0.3, 0.4) is 0 Å². The summed E-state index contributed by atoms with van der Waals surface area (Å²) in [5.74, 6) is 0.0945. The monoisotopic (exact) mass is 268 g/mol. The van der Waals surface area contributed by atoms with Crippen LogP contribution in [0.2, 0.25) is 5.02 Å². The van der Waals surface area contributed by atoms with Crippen molar-refractivity contribution in [2.75, 3.05) is 13.6 Å². The third kappa shape index (κ3) is 5.07. The summed E-state index contributed by atoms with van der Waals surface area (Å²) in [6.45, 7) is 2.92. The molecule has 0 aliphatic rings. The summed E-state index contributed by atoms with van der Waals surface area (Å²) in [6.07, 6.45) is 2.27. The Morgan fingerprint density at radius 3 is 2.83 bits per heavy atom. The predicted molar refractivity (Wildman–Crippen MR) is 75.8 cm³/mol. The molecule has 1 aromatic rings. The SMILES string of the molecule is CCC(NC(=O)CCCNC)c1cccc(Cl)c1. The molecule has 0 bridgehead atoms. The summed E-state index contributed by atoms with van der Waals surface area (Å²) in [4.78, 5) is 11.8. The number of nitrogens with one attached hydrogen (secondary N) is 2. The van der Waals surface area contributed by atoms with Crippen molar-refractivity contribution in [3.8, 4) is 0 Å². The number of benzene rings is 1. The minimum absolute atomic E-state index is 0.0470. The fraction of sp³-hybridized carbons (Fsp3) is 0.500. The Morgan fingerprint density at radius 1 is 1.44 bits per heavy atom. The van der Waals surface area contributed by atoms with Gasteiger partial charge in [0.1, 0.15) is 0 Å². The molecule has 3 nitrogen and oxygen atoms in total. The zero-order valence-electron chi connectivity index (χ0n) is 11.0. The third-order valence-electron chi connectivity index (χ3n) is 2.83. The Bertz CT molecular complexity index is 382. The largest absolute Gasteiger partial charge is 0.349 e. The summed E-state index contributed by atoms with van der Waals surface area (Å²) < 4.78 is 0. The Labute approximate surface area is 114 Å². The molecule has 1 unspecified atom stereocenters. The van der Waals surface area contributed by atoms with Crippen LogP contribution < -0.4 is 10.6 Å². The second-order valence-electron chi connectivity index (χ2n) is 4.29. The maximum absolute atomic E-state index is 11.8. The molecule has 0 aliphatic carbocycles. The standard InChI is InChI=1S/C14H21ClN2O/c1-3-13(11-6-4-7-12(15)10-11)17-14(18)8-5-9-16-2/h4,6-7,10,13,16H,3,5,8-9H2,1-2H3,(H,17,18). The molecule has 18 heavy (non-hydrogen) atoms. The van der Waals surface area contributed by atoms with E-state index >= 15 is 0 Å². The zero-order chi connectivity index (χ0) is 13.4. The molecule has 0 saturated carbocycles. The molecule has 1 amide bonds. The van der Waals surface area contributed by atoms with Crippen LogP contribution in [-0.4, -0.2) is 19.5 Å². The van der Waals surface area contributed by atoms with Gasteiger partial charge in [0.05, 0.1) is 6.04 Å². The Hall–Kier alpha value is -1.06. The van der Waals surface area contributed by atoms with E-state index in [1.165, 1.54) is 0 Å². The molecule has 0 heterocycles. The van der Waals surface area contributed by atoms with E-state index in [2.05, 4.69) is 17.6 Å². The van der Waals surface area contributed by atoms with Crippen molar-refractivity contribution in [1.82, 2.24) is 10.6 Å². The van der Waals surface area contributed by atoms with Gasteiger partial charge in [0.2, 0.25) is 5.91 Å². The van der Waals surface area contributed by atoms with E-state index in [-0.39, 0.29) is 11.9 Å². The van der Waals surface area contributed by atoms with Crippen LogP contribution in [-0.2, 0) is 4.79 Å². The predicted octanol–water partition coefficient (Wildman–Crippen LogP) is 2.91. The van der Waals surface area contributed by atoms with Crippen molar-refractivity contribution in [1.29, 1.82) is 0 Å². The van der Waals surface area contributed by atoms with Crippen LogP contribution in [0.15, 0.2) is 24.3 Å². The van der Waals surface area contributed by atoms with E-state index in [9.17, 15) is 4.79 Å². The van der Waals surface area contributed by atoms with Gasteiger partial charge < -0.3 is 10.6 Å². The van der Waals surface area contributed by atoms with Crippen molar-refractivity contribution >= 4 is 17.5 Å².